The van der Waals surface area contributed by atoms with Crippen LogP contribution in [0.3, 0.4) is 0 Å². The molecule has 3 N–H and O–H groups in total. The maximum absolute atomic E-state index is 12.9. The quantitative estimate of drug-likeness (QED) is 0.330. The average molecular weight is 471 g/mol. The third-order valence-corrected chi connectivity index (χ3v) is 3.29. The number of aromatic nitrogens is 1. The standard InChI is InChI=1S/C18H22FN5O.HI/c1-2-21-18(22-11-9-14-5-7-15(19)8-6-14)23-13-17(25)24-16-4-3-10-20-12-16;/h3-8,10,12H,2,9,11,13H2,1H3,(H,24,25)(H2,21,22,23);1H. The summed E-state index contributed by atoms with van der Waals surface area (Å²) in [4.78, 5) is 20.1. The molecule has 1 aromatic carbocycles. The summed E-state index contributed by atoms with van der Waals surface area (Å²) in [5.41, 5.74) is 1.66. The molecule has 0 aliphatic heterocycles. The number of rotatable bonds is 7. The zero-order valence-corrected chi connectivity index (χ0v) is 16.9. The lowest BCUT2D eigenvalue weighted by Gasteiger charge is -2.11. The molecule has 1 heterocycles. The second-order valence-electron chi connectivity index (χ2n) is 5.29. The average Bonchev–Trinajstić information content (AvgIpc) is 2.62. The van der Waals surface area contributed by atoms with Crippen LogP contribution < -0.4 is 16.0 Å². The molecule has 0 fully saturated rings. The number of anilines is 1. The van der Waals surface area contributed by atoms with Crippen molar-refractivity contribution in [1.82, 2.24) is 15.6 Å². The number of nitrogens with zero attached hydrogens (tertiary/aromatic N) is 2. The van der Waals surface area contributed by atoms with E-state index in [1.165, 1.54) is 12.1 Å². The second-order valence-corrected chi connectivity index (χ2v) is 5.29. The summed E-state index contributed by atoms with van der Waals surface area (Å²) in [5, 5.41) is 8.97. The van der Waals surface area contributed by atoms with Crippen LogP contribution in [-0.4, -0.2) is 36.5 Å². The van der Waals surface area contributed by atoms with E-state index in [1.807, 2.05) is 6.92 Å². The number of halogens is 2. The van der Waals surface area contributed by atoms with Crippen LogP contribution in [-0.2, 0) is 11.2 Å². The van der Waals surface area contributed by atoms with E-state index in [0.29, 0.717) is 24.7 Å². The summed E-state index contributed by atoms with van der Waals surface area (Å²) >= 11 is 0. The molecule has 0 radical (unpaired) electrons. The lowest BCUT2D eigenvalue weighted by molar-refractivity contribution is -0.114. The van der Waals surface area contributed by atoms with Gasteiger partial charge in [-0.2, -0.15) is 0 Å². The summed E-state index contributed by atoms with van der Waals surface area (Å²) in [5.74, 6) is 0.0981. The molecule has 2 aromatic rings. The van der Waals surface area contributed by atoms with E-state index >= 15 is 0 Å². The van der Waals surface area contributed by atoms with Crippen molar-refractivity contribution in [2.45, 2.75) is 13.3 Å². The minimum absolute atomic E-state index is 0. The van der Waals surface area contributed by atoms with Crippen molar-refractivity contribution in [1.29, 1.82) is 0 Å². The molecule has 0 saturated carbocycles. The summed E-state index contributed by atoms with van der Waals surface area (Å²) in [7, 11) is 0. The maximum Gasteiger partial charge on any atom is 0.246 e. The lowest BCUT2D eigenvalue weighted by Crippen LogP contribution is -2.39. The van der Waals surface area contributed by atoms with Crippen molar-refractivity contribution >= 4 is 41.5 Å². The van der Waals surface area contributed by atoms with Crippen LogP contribution in [0.2, 0.25) is 0 Å². The molecule has 0 spiro atoms. The normalized spacial score (nSPS) is 10.6. The van der Waals surface area contributed by atoms with Crippen LogP contribution in [0.5, 0.6) is 0 Å². The number of hydrogen-bond donors (Lipinski definition) is 3. The Bertz CT molecular complexity index is 694. The number of guanidine groups is 1. The third kappa shape index (κ3) is 8.24. The molecule has 1 aromatic heterocycles. The Balaban J connectivity index is 0.00000338. The van der Waals surface area contributed by atoms with Crippen molar-refractivity contribution < 1.29 is 9.18 Å². The minimum Gasteiger partial charge on any atom is -0.357 e. The van der Waals surface area contributed by atoms with Gasteiger partial charge >= 0.3 is 0 Å². The molecule has 26 heavy (non-hydrogen) atoms. The number of hydrogen-bond acceptors (Lipinski definition) is 3. The Kier molecular flexibility index (Phi) is 10.2. The van der Waals surface area contributed by atoms with Gasteiger partial charge in [-0.15, -0.1) is 24.0 Å². The molecular weight excluding hydrogens is 448 g/mol. The van der Waals surface area contributed by atoms with E-state index in [-0.39, 0.29) is 42.2 Å². The van der Waals surface area contributed by atoms with E-state index in [9.17, 15) is 9.18 Å². The summed E-state index contributed by atoms with van der Waals surface area (Å²) < 4.78 is 12.9. The molecule has 0 bridgehead atoms. The molecule has 0 unspecified atom stereocenters. The van der Waals surface area contributed by atoms with Crippen LogP contribution in [0.1, 0.15) is 12.5 Å². The van der Waals surface area contributed by atoms with Gasteiger partial charge in [0, 0.05) is 19.3 Å². The van der Waals surface area contributed by atoms with Crippen molar-refractivity contribution in [3.05, 3.63) is 60.2 Å². The Hall–Kier alpha value is -2.23. The molecule has 0 atom stereocenters. The second kappa shape index (κ2) is 12.2. The molecule has 140 valence electrons. The topological polar surface area (TPSA) is 78.4 Å². The first-order valence-corrected chi connectivity index (χ1v) is 8.14. The highest BCUT2D eigenvalue weighted by atomic mass is 127. The maximum atomic E-state index is 12.9. The van der Waals surface area contributed by atoms with E-state index in [0.717, 1.165) is 12.0 Å². The number of benzene rings is 1. The zero-order chi connectivity index (χ0) is 17.9. The highest BCUT2D eigenvalue weighted by Crippen LogP contribution is 2.03. The number of nitrogens with one attached hydrogen (secondary N) is 3. The Labute approximate surface area is 169 Å². The van der Waals surface area contributed by atoms with Gasteiger partial charge in [-0.1, -0.05) is 12.1 Å². The summed E-state index contributed by atoms with van der Waals surface area (Å²) in [6.07, 6.45) is 3.95. The van der Waals surface area contributed by atoms with Gasteiger partial charge in [0.1, 0.15) is 12.4 Å². The molecule has 0 saturated heterocycles. The van der Waals surface area contributed by atoms with Crippen LogP contribution in [0.25, 0.3) is 0 Å². The van der Waals surface area contributed by atoms with Gasteiger partial charge in [0.15, 0.2) is 5.96 Å². The van der Waals surface area contributed by atoms with Crippen molar-refractivity contribution in [3.63, 3.8) is 0 Å². The molecular formula is C18H23FIN5O. The monoisotopic (exact) mass is 471 g/mol. The van der Waals surface area contributed by atoms with Gasteiger partial charge in [0.2, 0.25) is 5.91 Å². The molecule has 8 heteroatoms. The fraction of sp³-hybridized carbons (Fsp3) is 0.278. The first-order valence-electron chi connectivity index (χ1n) is 8.14. The van der Waals surface area contributed by atoms with E-state index in [2.05, 4.69) is 25.9 Å². The molecule has 1 amide bonds. The Morgan fingerprint density at radius 2 is 1.96 bits per heavy atom. The van der Waals surface area contributed by atoms with Gasteiger partial charge in [-0.3, -0.25) is 9.78 Å². The van der Waals surface area contributed by atoms with Gasteiger partial charge in [0.05, 0.1) is 11.9 Å². The SMILES string of the molecule is CCNC(=NCC(=O)Nc1cccnc1)NCCc1ccc(F)cc1.I. The molecule has 0 aliphatic carbocycles. The van der Waals surface area contributed by atoms with Gasteiger partial charge in [-0.25, -0.2) is 9.38 Å². The first kappa shape index (κ1) is 21.8. The van der Waals surface area contributed by atoms with Crippen molar-refractivity contribution in [2.75, 3.05) is 25.0 Å². The predicted molar refractivity (Wildman–Crippen MR) is 112 cm³/mol. The first-order chi connectivity index (χ1) is 12.2. The Morgan fingerprint density at radius 3 is 2.62 bits per heavy atom. The molecule has 0 aliphatic rings. The highest BCUT2D eigenvalue weighted by molar-refractivity contribution is 14.0. The number of carbonyl (C=O) groups excluding carboxylic acids is 1. The number of aliphatic imine (C=N–C) groups is 1. The van der Waals surface area contributed by atoms with E-state index in [1.54, 1.807) is 36.7 Å². The summed E-state index contributed by atoms with van der Waals surface area (Å²) in [6.45, 7) is 3.27. The van der Waals surface area contributed by atoms with E-state index in [4.69, 9.17) is 0 Å². The summed E-state index contributed by atoms with van der Waals surface area (Å²) in [6, 6.07) is 9.90. The lowest BCUT2D eigenvalue weighted by atomic mass is 10.1. The predicted octanol–water partition coefficient (Wildman–Crippen LogP) is 2.57. The third-order valence-electron chi connectivity index (χ3n) is 3.29. The molecule has 6 nitrogen and oxygen atoms in total. The fourth-order valence-electron chi connectivity index (χ4n) is 2.11. The van der Waals surface area contributed by atoms with Gasteiger partial charge in [0.25, 0.3) is 0 Å². The zero-order valence-electron chi connectivity index (χ0n) is 14.5. The van der Waals surface area contributed by atoms with Gasteiger partial charge in [-0.05, 0) is 43.2 Å². The van der Waals surface area contributed by atoms with Crippen LogP contribution >= 0.6 is 24.0 Å². The highest BCUT2D eigenvalue weighted by Gasteiger charge is 2.03. The van der Waals surface area contributed by atoms with Crippen molar-refractivity contribution in [3.8, 4) is 0 Å². The largest absolute Gasteiger partial charge is 0.357 e. The minimum atomic E-state index is -0.244. The number of carbonyl (C=O) groups is 1. The fourth-order valence-corrected chi connectivity index (χ4v) is 2.11. The smallest absolute Gasteiger partial charge is 0.246 e. The number of amides is 1. The van der Waals surface area contributed by atoms with E-state index < -0.39 is 0 Å². The number of pyridine rings is 1. The van der Waals surface area contributed by atoms with Gasteiger partial charge < -0.3 is 16.0 Å². The Morgan fingerprint density at radius 1 is 1.19 bits per heavy atom. The van der Waals surface area contributed by atoms with Crippen LogP contribution in [0, 0.1) is 5.82 Å². The van der Waals surface area contributed by atoms with Crippen molar-refractivity contribution in [2.24, 2.45) is 4.99 Å². The van der Waals surface area contributed by atoms with Crippen LogP contribution in [0.15, 0.2) is 53.8 Å². The molecule has 2 rings (SSSR count). The van der Waals surface area contributed by atoms with Crippen LogP contribution in [0.4, 0.5) is 10.1 Å².